The monoisotopic (exact) mass is 345 g/mol. The number of hydrogen-bond acceptors (Lipinski definition) is 4. The number of hydrogen-bond donors (Lipinski definition) is 2. The van der Waals surface area contributed by atoms with Crippen molar-refractivity contribution in [2.45, 2.75) is 33.9 Å². The SMILES string of the molecule is CN=C(NCc1ccc(N(C)C)cc1C)NCc1sc(C)nc1C. The summed E-state index contributed by atoms with van der Waals surface area (Å²) in [7, 11) is 5.91. The third-order valence-corrected chi connectivity index (χ3v) is 5.00. The molecule has 0 aliphatic heterocycles. The molecule has 1 heterocycles. The van der Waals surface area contributed by atoms with Crippen LogP contribution >= 0.6 is 11.3 Å². The van der Waals surface area contributed by atoms with Gasteiger partial charge in [-0.05, 0) is 44.0 Å². The van der Waals surface area contributed by atoms with Crippen LogP contribution in [-0.4, -0.2) is 32.1 Å². The molecule has 2 rings (SSSR count). The molecule has 6 heteroatoms. The Morgan fingerprint density at radius 1 is 1.17 bits per heavy atom. The molecule has 5 nitrogen and oxygen atoms in total. The minimum atomic E-state index is 0.746. The predicted molar refractivity (Wildman–Crippen MR) is 104 cm³/mol. The number of aryl methyl sites for hydroxylation is 3. The number of aliphatic imine (C=N–C) groups is 1. The lowest BCUT2D eigenvalue weighted by atomic mass is 10.1. The molecule has 1 aromatic heterocycles. The Bertz CT molecular complexity index is 718. The maximum absolute atomic E-state index is 4.46. The molecular formula is C18H27N5S. The lowest BCUT2D eigenvalue weighted by molar-refractivity contribution is 0.808. The number of nitrogens with zero attached hydrogens (tertiary/aromatic N) is 3. The first-order valence-electron chi connectivity index (χ1n) is 8.05. The van der Waals surface area contributed by atoms with E-state index in [1.807, 2.05) is 13.8 Å². The molecule has 24 heavy (non-hydrogen) atoms. The first-order chi connectivity index (χ1) is 11.4. The molecule has 0 spiro atoms. The van der Waals surface area contributed by atoms with Crippen molar-refractivity contribution in [3.05, 3.63) is 44.9 Å². The van der Waals surface area contributed by atoms with Gasteiger partial charge in [-0.15, -0.1) is 11.3 Å². The van der Waals surface area contributed by atoms with Crippen LogP contribution in [0.1, 0.15) is 26.7 Å². The van der Waals surface area contributed by atoms with Crippen molar-refractivity contribution in [2.75, 3.05) is 26.0 Å². The number of benzene rings is 1. The van der Waals surface area contributed by atoms with Crippen LogP contribution in [0.5, 0.6) is 0 Å². The third-order valence-electron chi connectivity index (χ3n) is 3.93. The van der Waals surface area contributed by atoms with E-state index in [2.05, 4.69) is 64.7 Å². The van der Waals surface area contributed by atoms with Crippen LogP contribution in [0.2, 0.25) is 0 Å². The summed E-state index contributed by atoms with van der Waals surface area (Å²) in [6, 6.07) is 6.52. The summed E-state index contributed by atoms with van der Waals surface area (Å²) < 4.78 is 0. The van der Waals surface area contributed by atoms with Gasteiger partial charge in [-0.3, -0.25) is 4.99 Å². The van der Waals surface area contributed by atoms with Crippen molar-refractivity contribution in [1.29, 1.82) is 0 Å². The fraction of sp³-hybridized carbons (Fsp3) is 0.444. The van der Waals surface area contributed by atoms with Gasteiger partial charge < -0.3 is 15.5 Å². The lowest BCUT2D eigenvalue weighted by Crippen LogP contribution is -2.36. The molecule has 130 valence electrons. The summed E-state index contributed by atoms with van der Waals surface area (Å²) in [6.45, 7) is 7.72. The van der Waals surface area contributed by atoms with Crippen LogP contribution in [0.15, 0.2) is 23.2 Å². The smallest absolute Gasteiger partial charge is 0.191 e. The summed E-state index contributed by atoms with van der Waals surface area (Å²) in [5.74, 6) is 0.802. The van der Waals surface area contributed by atoms with Crippen LogP contribution in [0, 0.1) is 20.8 Å². The highest BCUT2D eigenvalue weighted by atomic mass is 32.1. The van der Waals surface area contributed by atoms with Crippen LogP contribution in [0.4, 0.5) is 5.69 Å². The highest BCUT2D eigenvalue weighted by molar-refractivity contribution is 7.11. The molecule has 1 aromatic carbocycles. The van der Waals surface area contributed by atoms with Gasteiger partial charge in [-0.2, -0.15) is 0 Å². The lowest BCUT2D eigenvalue weighted by Gasteiger charge is -2.16. The second-order valence-electron chi connectivity index (χ2n) is 6.03. The Balaban J connectivity index is 1.93. The minimum Gasteiger partial charge on any atom is -0.378 e. The number of guanidine groups is 1. The molecule has 0 atom stereocenters. The Hall–Kier alpha value is -2.08. The van der Waals surface area contributed by atoms with Gasteiger partial charge in [0, 0.05) is 38.3 Å². The second-order valence-corrected chi connectivity index (χ2v) is 7.31. The highest BCUT2D eigenvalue weighted by Crippen LogP contribution is 2.18. The van der Waals surface area contributed by atoms with E-state index in [1.54, 1.807) is 18.4 Å². The molecule has 0 aliphatic rings. The van der Waals surface area contributed by atoms with Gasteiger partial charge in [0.25, 0.3) is 0 Å². The van der Waals surface area contributed by atoms with Gasteiger partial charge >= 0.3 is 0 Å². The zero-order valence-electron chi connectivity index (χ0n) is 15.4. The first-order valence-corrected chi connectivity index (χ1v) is 8.86. The normalized spacial score (nSPS) is 11.5. The molecule has 2 aromatic rings. The van der Waals surface area contributed by atoms with Crippen LogP contribution in [0.3, 0.4) is 0 Å². The summed E-state index contributed by atoms with van der Waals surface area (Å²) in [4.78, 5) is 12.1. The molecule has 0 saturated heterocycles. The van der Waals surface area contributed by atoms with Gasteiger partial charge in [0.05, 0.1) is 17.2 Å². The summed E-state index contributed by atoms with van der Waals surface area (Å²) in [5.41, 5.74) is 4.86. The minimum absolute atomic E-state index is 0.746. The molecule has 0 unspecified atom stereocenters. The molecule has 0 amide bonds. The third kappa shape index (κ3) is 4.71. The van der Waals surface area contributed by atoms with Gasteiger partial charge in [-0.25, -0.2) is 4.98 Å². The van der Waals surface area contributed by atoms with Gasteiger partial charge in [-0.1, -0.05) is 6.07 Å². The zero-order valence-corrected chi connectivity index (χ0v) is 16.2. The van der Waals surface area contributed by atoms with Crippen molar-refractivity contribution in [3.8, 4) is 0 Å². The van der Waals surface area contributed by atoms with Crippen LogP contribution < -0.4 is 15.5 Å². The molecule has 0 bridgehead atoms. The van der Waals surface area contributed by atoms with Gasteiger partial charge in [0.15, 0.2) is 5.96 Å². The fourth-order valence-electron chi connectivity index (χ4n) is 2.46. The Morgan fingerprint density at radius 3 is 2.42 bits per heavy atom. The van der Waals surface area contributed by atoms with Gasteiger partial charge in [0.1, 0.15) is 0 Å². The standard InChI is InChI=1S/C18H27N5S/c1-12-9-16(23(5)6)8-7-15(12)10-20-18(19-4)21-11-17-13(2)22-14(3)24-17/h7-9H,10-11H2,1-6H3,(H2,19,20,21). The van der Waals surface area contributed by atoms with Crippen LogP contribution in [-0.2, 0) is 13.1 Å². The van der Waals surface area contributed by atoms with Crippen molar-refractivity contribution < 1.29 is 0 Å². The van der Waals surface area contributed by atoms with E-state index in [4.69, 9.17) is 0 Å². The Kier molecular flexibility index (Phi) is 6.20. The van der Waals surface area contributed by atoms with Crippen molar-refractivity contribution in [1.82, 2.24) is 15.6 Å². The molecule has 0 aliphatic carbocycles. The quantitative estimate of drug-likeness (QED) is 0.646. The van der Waals surface area contributed by atoms with Gasteiger partial charge in [0.2, 0.25) is 0 Å². The topological polar surface area (TPSA) is 52.6 Å². The molecule has 0 fully saturated rings. The molecule has 0 saturated carbocycles. The highest BCUT2D eigenvalue weighted by Gasteiger charge is 2.07. The van der Waals surface area contributed by atoms with E-state index in [0.717, 1.165) is 29.8 Å². The van der Waals surface area contributed by atoms with Crippen molar-refractivity contribution in [3.63, 3.8) is 0 Å². The number of anilines is 1. The van der Waals surface area contributed by atoms with E-state index in [9.17, 15) is 0 Å². The Morgan fingerprint density at radius 2 is 1.88 bits per heavy atom. The number of rotatable bonds is 5. The zero-order chi connectivity index (χ0) is 17.7. The predicted octanol–water partition coefficient (Wildman–Crippen LogP) is 3.00. The fourth-order valence-corrected chi connectivity index (χ4v) is 3.33. The van der Waals surface area contributed by atoms with Crippen molar-refractivity contribution >= 4 is 23.0 Å². The Labute approximate surface area is 148 Å². The number of nitrogens with one attached hydrogen (secondary N) is 2. The maximum atomic E-state index is 4.46. The van der Waals surface area contributed by atoms with E-state index >= 15 is 0 Å². The second kappa shape index (κ2) is 8.15. The van der Waals surface area contributed by atoms with E-state index in [1.165, 1.54) is 21.7 Å². The molecule has 2 N–H and O–H groups in total. The largest absolute Gasteiger partial charge is 0.378 e. The number of thiazole rings is 1. The van der Waals surface area contributed by atoms with E-state index < -0.39 is 0 Å². The summed E-state index contributed by atoms with van der Waals surface area (Å²) >= 11 is 1.73. The van der Waals surface area contributed by atoms with E-state index in [-0.39, 0.29) is 0 Å². The first kappa shape index (κ1) is 18.3. The maximum Gasteiger partial charge on any atom is 0.191 e. The molecular weight excluding hydrogens is 318 g/mol. The average molecular weight is 346 g/mol. The summed E-state index contributed by atoms with van der Waals surface area (Å²) in [5, 5.41) is 7.84. The van der Waals surface area contributed by atoms with Crippen LogP contribution in [0.25, 0.3) is 0 Å². The van der Waals surface area contributed by atoms with Crippen molar-refractivity contribution in [2.24, 2.45) is 4.99 Å². The summed E-state index contributed by atoms with van der Waals surface area (Å²) in [6.07, 6.45) is 0. The average Bonchev–Trinajstić information content (AvgIpc) is 2.86. The van der Waals surface area contributed by atoms with E-state index in [0.29, 0.717) is 0 Å². The number of aromatic nitrogens is 1. The molecule has 0 radical (unpaired) electrons.